The zero-order valence-corrected chi connectivity index (χ0v) is 14.4. The van der Waals surface area contributed by atoms with Crippen molar-refractivity contribution >= 4 is 23.4 Å². The molecule has 3 amide bonds. The van der Waals surface area contributed by atoms with Crippen molar-refractivity contribution in [2.24, 2.45) is 5.73 Å². The average molecular weight is 350 g/mol. The third kappa shape index (κ3) is 8.16. The minimum atomic E-state index is -0.735. The molecule has 0 heterocycles. The summed E-state index contributed by atoms with van der Waals surface area (Å²) in [7, 11) is 0. The molecular formula is C17H26N4O4. The minimum absolute atomic E-state index is 0.0993. The normalized spacial score (nSPS) is 11.6. The number of ether oxygens (including phenoxy) is 1. The summed E-state index contributed by atoms with van der Waals surface area (Å²) < 4.78 is 4.98. The maximum absolute atomic E-state index is 11.9. The Morgan fingerprint density at radius 3 is 2.44 bits per heavy atom. The van der Waals surface area contributed by atoms with Crippen LogP contribution in [0.5, 0.6) is 0 Å². The number of carbonyl (C=O) groups excluding carboxylic acids is 3. The third-order valence-corrected chi connectivity index (χ3v) is 3.49. The van der Waals surface area contributed by atoms with Crippen molar-refractivity contribution < 1.29 is 19.1 Å². The van der Waals surface area contributed by atoms with Crippen LogP contribution in [0.15, 0.2) is 24.3 Å². The lowest BCUT2D eigenvalue weighted by atomic mass is 10.1. The van der Waals surface area contributed by atoms with Crippen molar-refractivity contribution in [1.29, 1.82) is 0 Å². The molecule has 0 saturated carbocycles. The first-order valence-corrected chi connectivity index (χ1v) is 8.24. The van der Waals surface area contributed by atoms with Gasteiger partial charge in [0.15, 0.2) is 0 Å². The van der Waals surface area contributed by atoms with Crippen LogP contribution in [0.25, 0.3) is 0 Å². The highest BCUT2D eigenvalue weighted by Crippen LogP contribution is 2.05. The Hall–Kier alpha value is -2.61. The molecule has 1 aromatic rings. The van der Waals surface area contributed by atoms with Gasteiger partial charge in [0.05, 0.1) is 0 Å². The quantitative estimate of drug-likeness (QED) is 0.333. The molecular weight excluding hydrogens is 324 g/mol. The van der Waals surface area contributed by atoms with Crippen molar-refractivity contribution in [1.82, 2.24) is 10.6 Å². The predicted octanol–water partition coefficient (Wildman–Crippen LogP) is 0.176. The summed E-state index contributed by atoms with van der Waals surface area (Å²) in [6.45, 7) is 2.55. The minimum Gasteiger partial charge on any atom is -0.399 e. The first-order valence-electron chi connectivity index (χ1n) is 8.24. The van der Waals surface area contributed by atoms with Gasteiger partial charge in [-0.25, -0.2) is 0 Å². The highest BCUT2D eigenvalue weighted by molar-refractivity contribution is 5.94. The molecule has 1 rings (SSSR count). The van der Waals surface area contributed by atoms with Gasteiger partial charge < -0.3 is 26.8 Å². The standard InChI is InChI=1S/C17H26N4O4/c1-2-25-11-15(22)21-14(16(19)23)5-3-4-10-20-17(24)12-6-8-13(18)9-7-12/h6-9,14H,2-5,10-11,18H2,1H3,(H2,19,23)(H,20,24)(H,21,22)/t14-/m0/s1. The summed E-state index contributed by atoms with van der Waals surface area (Å²) in [5.41, 5.74) is 12.0. The number of hydrogen-bond acceptors (Lipinski definition) is 5. The molecule has 0 unspecified atom stereocenters. The molecule has 0 aromatic heterocycles. The fourth-order valence-electron chi connectivity index (χ4n) is 2.13. The van der Waals surface area contributed by atoms with Crippen molar-refractivity contribution in [3.63, 3.8) is 0 Å². The number of unbranched alkanes of at least 4 members (excludes halogenated alkanes) is 1. The number of nitrogens with one attached hydrogen (secondary N) is 2. The van der Waals surface area contributed by atoms with Crippen LogP contribution in [-0.2, 0) is 14.3 Å². The van der Waals surface area contributed by atoms with Gasteiger partial charge in [-0.05, 0) is 50.5 Å². The lowest BCUT2D eigenvalue weighted by molar-refractivity contribution is -0.130. The number of anilines is 1. The van der Waals surface area contributed by atoms with Crippen molar-refractivity contribution in [3.8, 4) is 0 Å². The highest BCUT2D eigenvalue weighted by Gasteiger charge is 2.17. The Kier molecular flexibility index (Phi) is 9.02. The largest absolute Gasteiger partial charge is 0.399 e. The molecule has 0 spiro atoms. The van der Waals surface area contributed by atoms with E-state index >= 15 is 0 Å². The van der Waals surface area contributed by atoms with E-state index in [0.29, 0.717) is 43.7 Å². The number of benzene rings is 1. The van der Waals surface area contributed by atoms with E-state index in [4.69, 9.17) is 16.2 Å². The second kappa shape index (κ2) is 11.0. The molecule has 6 N–H and O–H groups in total. The van der Waals surface area contributed by atoms with Crippen LogP contribution in [0.4, 0.5) is 5.69 Å². The Labute approximate surface area is 147 Å². The molecule has 8 nitrogen and oxygen atoms in total. The van der Waals surface area contributed by atoms with Crippen molar-refractivity contribution in [2.45, 2.75) is 32.2 Å². The van der Waals surface area contributed by atoms with Crippen molar-refractivity contribution in [2.75, 3.05) is 25.5 Å². The van der Waals surface area contributed by atoms with Crippen LogP contribution >= 0.6 is 0 Å². The highest BCUT2D eigenvalue weighted by atomic mass is 16.5. The molecule has 0 aliphatic rings. The lowest BCUT2D eigenvalue weighted by Gasteiger charge is -2.15. The van der Waals surface area contributed by atoms with E-state index in [1.807, 2.05) is 0 Å². The molecule has 25 heavy (non-hydrogen) atoms. The van der Waals surface area contributed by atoms with E-state index in [-0.39, 0.29) is 18.4 Å². The van der Waals surface area contributed by atoms with E-state index in [0.717, 1.165) is 0 Å². The van der Waals surface area contributed by atoms with Gasteiger partial charge in [-0.1, -0.05) is 0 Å². The van der Waals surface area contributed by atoms with Gasteiger partial charge in [0.25, 0.3) is 5.91 Å². The summed E-state index contributed by atoms with van der Waals surface area (Å²) in [5, 5.41) is 5.33. The summed E-state index contributed by atoms with van der Waals surface area (Å²) >= 11 is 0. The van der Waals surface area contributed by atoms with E-state index in [9.17, 15) is 14.4 Å². The molecule has 138 valence electrons. The summed E-state index contributed by atoms with van der Waals surface area (Å²) in [5.74, 6) is -1.14. The van der Waals surface area contributed by atoms with Gasteiger partial charge in [0.1, 0.15) is 12.6 Å². The Balaban J connectivity index is 2.27. The zero-order chi connectivity index (χ0) is 18.7. The van der Waals surface area contributed by atoms with Gasteiger partial charge in [-0.15, -0.1) is 0 Å². The summed E-state index contributed by atoms with van der Waals surface area (Å²) in [6, 6.07) is 5.90. The molecule has 0 aliphatic carbocycles. The number of nitrogen functional groups attached to an aromatic ring is 1. The average Bonchev–Trinajstić information content (AvgIpc) is 2.58. The maximum Gasteiger partial charge on any atom is 0.251 e. The fourth-order valence-corrected chi connectivity index (χ4v) is 2.13. The van der Waals surface area contributed by atoms with Crippen LogP contribution in [-0.4, -0.2) is 43.5 Å². The Morgan fingerprint density at radius 1 is 1.16 bits per heavy atom. The fraction of sp³-hybridized carbons (Fsp3) is 0.471. The number of amides is 3. The van der Waals surface area contributed by atoms with E-state index in [1.165, 1.54) is 0 Å². The number of rotatable bonds is 11. The van der Waals surface area contributed by atoms with Gasteiger partial charge in [-0.2, -0.15) is 0 Å². The molecule has 0 saturated heterocycles. The van der Waals surface area contributed by atoms with Crippen LogP contribution in [0, 0.1) is 0 Å². The topological polar surface area (TPSA) is 137 Å². The van der Waals surface area contributed by atoms with Gasteiger partial charge in [0.2, 0.25) is 11.8 Å². The van der Waals surface area contributed by atoms with Gasteiger partial charge in [0, 0.05) is 24.4 Å². The number of carbonyl (C=O) groups is 3. The smallest absolute Gasteiger partial charge is 0.251 e. The molecule has 1 atom stereocenters. The molecule has 0 bridgehead atoms. The lowest BCUT2D eigenvalue weighted by Crippen LogP contribution is -2.45. The Bertz CT molecular complexity index is 575. The monoisotopic (exact) mass is 350 g/mol. The summed E-state index contributed by atoms with van der Waals surface area (Å²) in [4.78, 5) is 34.9. The predicted molar refractivity (Wildman–Crippen MR) is 94.7 cm³/mol. The maximum atomic E-state index is 11.9. The molecule has 0 fully saturated rings. The molecule has 8 heteroatoms. The van der Waals surface area contributed by atoms with E-state index < -0.39 is 11.9 Å². The van der Waals surface area contributed by atoms with Crippen LogP contribution in [0.2, 0.25) is 0 Å². The molecule has 0 aliphatic heterocycles. The van der Waals surface area contributed by atoms with E-state index in [1.54, 1.807) is 31.2 Å². The number of hydrogen-bond donors (Lipinski definition) is 4. The third-order valence-electron chi connectivity index (χ3n) is 3.49. The summed E-state index contributed by atoms with van der Waals surface area (Å²) in [6.07, 6.45) is 1.70. The molecule has 0 radical (unpaired) electrons. The Morgan fingerprint density at radius 2 is 1.84 bits per heavy atom. The van der Waals surface area contributed by atoms with Gasteiger partial charge in [-0.3, -0.25) is 14.4 Å². The second-order valence-electron chi connectivity index (χ2n) is 5.53. The SMILES string of the molecule is CCOCC(=O)N[C@@H](CCCCNC(=O)c1ccc(N)cc1)C(N)=O. The zero-order valence-electron chi connectivity index (χ0n) is 14.4. The molecule has 1 aromatic carbocycles. The first-order chi connectivity index (χ1) is 11.9. The number of primary amides is 1. The number of nitrogens with two attached hydrogens (primary N) is 2. The van der Waals surface area contributed by atoms with Crippen LogP contribution < -0.4 is 22.1 Å². The first kappa shape index (κ1) is 20.4. The second-order valence-corrected chi connectivity index (χ2v) is 5.53. The van der Waals surface area contributed by atoms with Gasteiger partial charge >= 0.3 is 0 Å². The van der Waals surface area contributed by atoms with Crippen LogP contribution in [0.3, 0.4) is 0 Å². The van der Waals surface area contributed by atoms with Crippen LogP contribution in [0.1, 0.15) is 36.5 Å². The van der Waals surface area contributed by atoms with E-state index in [2.05, 4.69) is 10.6 Å². The van der Waals surface area contributed by atoms with Crippen molar-refractivity contribution in [3.05, 3.63) is 29.8 Å².